The molecule has 0 unspecified atom stereocenters. The van der Waals surface area contributed by atoms with Gasteiger partial charge in [-0.3, -0.25) is 14.4 Å². The summed E-state index contributed by atoms with van der Waals surface area (Å²) in [5, 5.41) is 11.9. The van der Waals surface area contributed by atoms with Gasteiger partial charge >= 0.3 is 5.97 Å². The van der Waals surface area contributed by atoms with Crippen LogP contribution in [0.1, 0.15) is 73.1 Å². The first kappa shape index (κ1) is 25.4. The van der Waals surface area contributed by atoms with Crippen LogP contribution in [0.15, 0.2) is 11.6 Å². The van der Waals surface area contributed by atoms with Crippen LogP contribution in [0.25, 0.3) is 0 Å². The number of hydrogen-bond donors (Lipinski definition) is 1. The highest BCUT2D eigenvalue weighted by atomic mass is 79.9. The topological polar surface area (TPSA) is 80.7 Å². The van der Waals surface area contributed by atoms with Gasteiger partial charge in [-0.15, -0.1) is 11.6 Å². The third kappa shape index (κ3) is 3.08. The predicted octanol–water partition coefficient (Wildman–Crippen LogP) is 5.00. The molecule has 0 saturated heterocycles. The van der Waals surface area contributed by atoms with Crippen molar-refractivity contribution >= 4 is 45.1 Å². The Morgan fingerprint density at radius 3 is 2.52 bits per heavy atom. The van der Waals surface area contributed by atoms with E-state index >= 15 is 0 Å². The van der Waals surface area contributed by atoms with Gasteiger partial charge in [-0.05, 0) is 49.5 Å². The van der Waals surface area contributed by atoms with Gasteiger partial charge in [-0.2, -0.15) is 0 Å². The number of allylic oxidation sites excluding steroid dienone is 1. The standard InChI is InChI=1S/C26H36BrClO5/c1-6-22(32)33-26(21(31)13-28)15(3)10-18-19-9-14(2)17-11-16(29)7-8-23(17,4)25(19,27)20(30)12-24(18,26)5/h11,14-15,18-20,30H,6-10,12-13H2,1-5H3/t14-,15-,18-,19-,20-,23-,24-,25-,26-/m0/s1. The lowest BCUT2D eigenvalue weighted by Gasteiger charge is -2.66. The maximum absolute atomic E-state index is 13.4. The SMILES string of the molecule is CCC(=O)O[C@]1(C(=O)CCl)[C@@H](C)C[C@H]2[C@@H]3C[C@H](C)C4=CC(=O)CC[C@]4(C)[C@@]3(Br)[C@@H](O)C[C@@]21C. The summed E-state index contributed by atoms with van der Waals surface area (Å²) in [5.74, 6) is -0.640. The number of ketones is 2. The van der Waals surface area contributed by atoms with Crippen molar-refractivity contribution < 1.29 is 24.2 Å². The van der Waals surface area contributed by atoms with Gasteiger partial charge in [0.05, 0.1) is 16.3 Å². The van der Waals surface area contributed by atoms with Gasteiger partial charge in [0.1, 0.15) is 0 Å². The minimum atomic E-state index is -1.34. The first-order valence-electron chi connectivity index (χ1n) is 12.3. The van der Waals surface area contributed by atoms with Crippen molar-refractivity contribution in [3.63, 3.8) is 0 Å². The Morgan fingerprint density at radius 1 is 1.24 bits per heavy atom. The van der Waals surface area contributed by atoms with Crippen LogP contribution in [0, 0.1) is 34.5 Å². The number of esters is 1. The summed E-state index contributed by atoms with van der Waals surface area (Å²) in [6.07, 6.45) is 4.24. The van der Waals surface area contributed by atoms with Crippen molar-refractivity contribution in [2.24, 2.45) is 34.5 Å². The number of fused-ring (bicyclic) bond motifs is 5. The molecule has 0 aliphatic heterocycles. The number of aliphatic hydroxyl groups is 1. The van der Waals surface area contributed by atoms with Crippen LogP contribution in [0.2, 0.25) is 0 Å². The number of rotatable bonds is 4. The molecule has 0 aromatic heterocycles. The first-order valence-corrected chi connectivity index (χ1v) is 13.6. The monoisotopic (exact) mass is 542 g/mol. The van der Waals surface area contributed by atoms with E-state index in [1.165, 1.54) is 0 Å². The molecular formula is C26H36BrClO5. The van der Waals surface area contributed by atoms with Crippen LogP contribution in [0.5, 0.6) is 0 Å². The van der Waals surface area contributed by atoms with Crippen molar-refractivity contribution in [2.75, 3.05) is 5.88 Å². The van der Waals surface area contributed by atoms with Crippen LogP contribution in [0.3, 0.4) is 0 Å². The highest BCUT2D eigenvalue weighted by Gasteiger charge is 2.76. The van der Waals surface area contributed by atoms with Crippen molar-refractivity contribution in [3.05, 3.63) is 11.6 Å². The van der Waals surface area contributed by atoms with E-state index in [9.17, 15) is 19.5 Å². The normalized spacial score (nSPS) is 48.9. The fourth-order valence-electron chi connectivity index (χ4n) is 8.51. The van der Waals surface area contributed by atoms with E-state index in [-0.39, 0.29) is 53.0 Å². The van der Waals surface area contributed by atoms with E-state index in [0.717, 1.165) is 18.4 Å². The van der Waals surface area contributed by atoms with Gasteiger partial charge in [0.15, 0.2) is 17.2 Å². The molecule has 3 fully saturated rings. The zero-order chi connectivity index (χ0) is 24.6. The molecule has 33 heavy (non-hydrogen) atoms. The lowest BCUT2D eigenvalue weighted by molar-refractivity contribution is -0.201. The van der Waals surface area contributed by atoms with Crippen molar-refractivity contribution in [3.8, 4) is 0 Å². The minimum Gasteiger partial charge on any atom is -0.450 e. The van der Waals surface area contributed by atoms with E-state index in [0.29, 0.717) is 19.3 Å². The van der Waals surface area contributed by atoms with Crippen molar-refractivity contribution in [1.82, 2.24) is 0 Å². The number of carbonyl (C=O) groups is 3. The van der Waals surface area contributed by atoms with Gasteiger partial charge in [0.2, 0.25) is 0 Å². The molecule has 3 saturated carbocycles. The highest BCUT2D eigenvalue weighted by Crippen LogP contribution is 2.73. The summed E-state index contributed by atoms with van der Waals surface area (Å²) < 4.78 is 5.45. The number of ether oxygens (including phenoxy) is 1. The molecule has 7 heteroatoms. The molecule has 4 aliphatic rings. The fraction of sp³-hybridized carbons (Fsp3) is 0.808. The molecule has 0 bridgehead atoms. The Hall–Kier alpha value is -0.720. The summed E-state index contributed by atoms with van der Waals surface area (Å²) in [6, 6.07) is 0. The minimum absolute atomic E-state index is 0.0596. The first-order chi connectivity index (χ1) is 15.3. The smallest absolute Gasteiger partial charge is 0.306 e. The fourth-order valence-corrected chi connectivity index (χ4v) is 9.80. The summed E-state index contributed by atoms with van der Waals surface area (Å²) >= 11 is 10.2. The second-order valence-electron chi connectivity index (χ2n) is 11.4. The van der Waals surface area contributed by atoms with Crippen molar-refractivity contribution in [2.45, 2.75) is 89.2 Å². The Labute approximate surface area is 210 Å². The van der Waals surface area contributed by atoms with E-state index in [4.69, 9.17) is 16.3 Å². The van der Waals surface area contributed by atoms with E-state index in [1.807, 2.05) is 19.9 Å². The molecular weight excluding hydrogens is 508 g/mol. The molecule has 5 nitrogen and oxygen atoms in total. The molecule has 4 aliphatic carbocycles. The molecule has 0 aromatic carbocycles. The molecule has 0 aromatic rings. The summed E-state index contributed by atoms with van der Waals surface area (Å²) in [4.78, 5) is 38.3. The number of alkyl halides is 2. The average Bonchev–Trinajstić information content (AvgIpc) is 2.98. The number of Topliss-reactive ketones (excluding diaryl/α,β-unsaturated/α-hetero) is 1. The highest BCUT2D eigenvalue weighted by molar-refractivity contribution is 9.10. The Bertz CT molecular complexity index is 918. The van der Waals surface area contributed by atoms with Crippen LogP contribution >= 0.6 is 27.5 Å². The Morgan fingerprint density at radius 2 is 1.91 bits per heavy atom. The largest absolute Gasteiger partial charge is 0.450 e. The van der Waals surface area contributed by atoms with Crippen molar-refractivity contribution in [1.29, 1.82) is 0 Å². The molecule has 0 spiro atoms. The van der Waals surface area contributed by atoms with Crippen LogP contribution in [0.4, 0.5) is 0 Å². The lowest BCUT2D eigenvalue weighted by Crippen LogP contribution is -2.70. The number of carbonyl (C=O) groups excluding carboxylic acids is 3. The molecule has 184 valence electrons. The predicted molar refractivity (Wildman–Crippen MR) is 130 cm³/mol. The van der Waals surface area contributed by atoms with Gasteiger partial charge in [0, 0.05) is 29.6 Å². The maximum atomic E-state index is 13.4. The van der Waals surface area contributed by atoms with Crippen LogP contribution in [-0.4, -0.2) is 44.6 Å². The molecule has 4 rings (SSSR count). The molecule has 0 heterocycles. The summed E-state index contributed by atoms with van der Waals surface area (Å²) in [5.41, 5.74) is -1.31. The molecule has 0 amide bonds. The van der Waals surface area contributed by atoms with E-state index in [2.05, 4.69) is 29.8 Å². The van der Waals surface area contributed by atoms with Crippen LogP contribution in [-0.2, 0) is 19.1 Å². The van der Waals surface area contributed by atoms with Crippen LogP contribution < -0.4 is 0 Å². The Balaban J connectivity index is 1.87. The quantitative estimate of drug-likeness (QED) is 0.399. The number of hydrogen-bond acceptors (Lipinski definition) is 5. The van der Waals surface area contributed by atoms with Gasteiger partial charge in [-0.1, -0.05) is 56.1 Å². The number of aliphatic hydroxyl groups excluding tert-OH is 1. The van der Waals surface area contributed by atoms with E-state index in [1.54, 1.807) is 6.92 Å². The average molecular weight is 544 g/mol. The third-order valence-corrected chi connectivity index (χ3v) is 12.2. The zero-order valence-corrected chi connectivity index (χ0v) is 22.6. The second kappa shape index (κ2) is 8.16. The Kier molecular flexibility index (Phi) is 6.28. The third-order valence-electron chi connectivity index (χ3n) is 10.0. The van der Waals surface area contributed by atoms with Gasteiger partial charge in [0.25, 0.3) is 0 Å². The van der Waals surface area contributed by atoms with E-state index < -0.39 is 27.4 Å². The number of halogens is 2. The lowest BCUT2D eigenvalue weighted by atomic mass is 9.43. The summed E-state index contributed by atoms with van der Waals surface area (Å²) in [7, 11) is 0. The zero-order valence-electron chi connectivity index (χ0n) is 20.2. The molecule has 0 radical (unpaired) electrons. The van der Waals surface area contributed by atoms with Gasteiger partial charge in [-0.25, -0.2) is 0 Å². The molecule has 1 N–H and O–H groups in total. The van der Waals surface area contributed by atoms with Gasteiger partial charge < -0.3 is 9.84 Å². The second-order valence-corrected chi connectivity index (χ2v) is 13.0. The summed E-state index contributed by atoms with van der Waals surface area (Å²) in [6.45, 7) is 10.1. The molecule has 9 atom stereocenters. The maximum Gasteiger partial charge on any atom is 0.306 e.